The summed E-state index contributed by atoms with van der Waals surface area (Å²) in [7, 11) is 0. The Hall–Kier alpha value is -0.790. The average molecular weight is 153 g/mol. The van der Waals surface area contributed by atoms with Gasteiger partial charge in [-0.15, -0.1) is 6.58 Å². The monoisotopic (exact) mass is 153 g/mol. The van der Waals surface area contributed by atoms with E-state index in [1.807, 2.05) is 0 Å². The molecule has 1 aliphatic carbocycles. The lowest BCUT2D eigenvalue weighted by Crippen LogP contribution is -2.27. The summed E-state index contributed by atoms with van der Waals surface area (Å²) in [6.45, 7) is 4.13. The minimum absolute atomic E-state index is 0.176. The SMILES string of the molecule is C=CCNC(=O)CC1CCC1. The third-order valence-electron chi connectivity index (χ3n) is 2.14. The highest BCUT2D eigenvalue weighted by Crippen LogP contribution is 2.28. The highest BCUT2D eigenvalue weighted by molar-refractivity contribution is 5.76. The topological polar surface area (TPSA) is 29.1 Å². The predicted molar refractivity (Wildman–Crippen MR) is 45.2 cm³/mol. The zero-order chi connectivity index (χ0) is 8.10. The molecule has 2 nitrogen and oxygen atoms in total. The Morgan fingerprint density at radius 2 is 2.36 bits per heavy atom. The zero-order valence-corrected chi connectivity index (χ0v) is 6.81. The van der Waals surface area contributed by atoms with Crippen molar-refractivity contribution >= 4 is 5.91 Å². The summed E-state index contributed by atoms with van der Waals surface area (Å²) >= 11 is 0. The summed E-state index contributed by atoms with van der Waals surface area (Å²) in [4.78, 5) is 11.0. The lowest BCUT2D eigenvalue weighted by atomic mass is 9.83. The maximum Gasteiger partial charge on any atom is 0.220 e. The smallest absolute Gasteiger partial charge is 0.220 e. The van der Waals surface area contributed by atoms with Crippen LogP contribution < -0.4 is 5.32 Å². The van der Waals surface area contributed by atoms with Gasteiger partial charge >= 0.3 is 0 Å². The summed E-state index contributed by atoms with van der Waals surface area (Å²) < 4.78 is 0. The maximum absolute atomic E-state index is 11.0. The van der Waals surface area contributed by atoms with E-state index in [1.165, 1.54) is 19.3 Å². The number of hydrogen-bond acceptors (Lipinski definition) is 1. The number of hydrogen-bond donors (Lipinski definition) is 1. The number of carbonyl (C=O) groups is 1. The van der Waals surface area contributed by atoms with Gasteiger partial charge in [0.1, 0.15) is 0 Å². The van der Waals surface area contributed by atoms with Crippen molar-refractivity contribution in [1.82, 2.24) is 5.32 Å². The molecule has 0 unspecified atom stereocenters. The zero-order valence-electron chi connectivity index (χ0n) is 6.81. The normalized spacial score (nSPS) is 17.1. The van der Waals surface area contributed by atoms with E-state index in [4.69, 9.17) is 0 Å². The highest BCUT2D eigenvalue weighted by Gasteiger charge is 2.19. The Morgan fingerprint density at radius 1 is 1.64 bits per heavy atom. The molecule has 1 amide bonds. The van der Waals surface area contributed by atoms with E-state index >= 15 is 0 Å². The van der Waals surface area contributed by atoms with Crippen LogP contribution in [0.3, 0.4) is 0 Å². The summed E-state index contributed by atoms with van der Waals surface area (Å²) in [6, 6.07) is 0. The van der Waals surface area contributed by atoms with Crippen molar-refractivity contribution in [3.63, 3.8) is 0 Å². The van der Waals surface area contributed by atoms with Crippen LogP contribution in [0.25, 0.3) is 0 Å². The van der Waals surface area contributed by atoms with Crippen LogP contribution in [-0.2, 0) is 4.79 Å². The molecular formula is C9H15NO. The Bertz CT molecular complexity index is 150. The summed E-state index contributed by atoms with van der Waals surface area (Å²) in [5.41, 5.74) is 0. The van der Waals surface area contributed by atoms with Gasteiger partial charge < -0.3 is 5.32 Å². The van der Waals surface area contributed by atoms with Crippen LogP contribution in [0.1, 0.15) is 25.7 Å². The van der Waals surface area contributed by atoms with Crippen LogP contribution in [0.5, 0.6) is 0 Å². The molecule has 62 valence electrons. The first-order valence-electron chi connectivity index (χ1n) is 4.20. The fourth-order valence-corrected chi connectivity index (χ4v) is 1.22. The predicted octanol–water partition coefficient (Wildman–Crippen LogP) is 1.48. The van der Waals surface area contributed by atoms with Gasteiger partial charge in [0.2, 0.25) is 5.91 Å². The van der Waals surface area contributed by atoms with Gasteiger partial charge in [-0.25, -0.2) is 0 Å². The second-order valence-electron chi connectivity index (χ2n) is 3.09. The molecule has 0 aliphatic heterocycles. The average Bonchev–Trinajstić information content (AvgIpc) is 1.93. The molecule has 1 N–H and O–H groups in total. The third-order valence-corrected chi connectivity index (χ3v) is 2.14. The first-order chi connectivity index (χ1) is 5.33. The van der Waals surface area contributed by atoms with Gasteiger partial charge in [0.05, 0.1) is 0 Å². The summed E-state index contributed by atoms with van der Waals surface area (Å²) in [6.07, 6.45) is 6.20. The third kappa shape index (κ3) is 2.74. The maximum atomic E-state index is 11.0. The van der Waals surface area contributed by atoms with E-state index in [0.717, 1.165) is 0 Å². The molecule has 0 radical (unpaired) electrons. The second-order valence-corrected chi connectivity index (χ2v) is 3.09. The number of carbonyl (C=O) groups excluding carboxylic acids is 1. The molecule has 0 aromatic carbocycles. The Balaban J connectivity index is 2.04. The van der Waals surface area contributed by atoms with Gasteiger partial charge in [-0.3, -0.25) is 4.79 Å². The van der Waals surface area contributed by atoms with Crippen molar-refractivity contribution in [3.8, 4) is 0 Å². The molecule has 0 atom stereocenters. The number of nitrogens with one attached hydrogen (secondary N) is 1. The highest BCUT2D eigenvalue weighted by atomic mass is 16.1. The lowest BCUT2D eigenvalue weighted by molar-refractivity contribution is -0.122. The van der Waals surface area contributed by atoms with E-state index in [1.54, 1.807) is 6.08 Å². The molecule has 1 saturated carbocycles. The minimum Gasteiger partial charge on any atom is -0.353 e. The molecule has 0 bridgehead atoms. The molecule has 0 aromatic heterocycles. The molecule has 1 fully saturated rings. The molecule has 11 heavy (non-hydrogen) atoms. The molecule has 0 saturated heterocycles. The molecule has 0 spiro atoms. The molecule has 0 heterocycles. The molecular weight excluding hydrogens is 138 g/mol. The number of amides is 1. The van der Waals surface area contributed by atoms with Gasteiger partial charge in [0, 0.05) is 13.0 Å². The van der Waals surface area contributed by atoms with Crippen molar-refractivity contribution in [2.24, 2.45) is 5.92 Å². The standard InChI is InChI=1S/C9H15NO/c1-2-6-10-9(11)7-8-4-3-5-8/h2,8H,1,3-7H2,(H,10,11). The second kappa shape index (κ2) is 4.16. The van der Waals surface area contributed by atoms with Crippen LogP contribution in [0.15, 0.2) is 12.7 Å². The molecule has 0 aromatic rings. The van der Waals surface area contributed by atoms with Gasteiger partial charge in [-0.05, 0) is 18.8 Å². The van der Waals surface area contributed by atoms with E-state index in [-0.39, 0.29) is 5.91 Å². The molecule has 1 rings (SSSR count). The first kappa shape index (κ1) is 8.31. The largest absolute Gasteiger partial charge is 0.353 e. The van der Waals surface area contributed by atoms with Gasteiger partial charge in [-0.2, -0.15) is 0 Å². The quantitative estimate of drug-likeness (QED) is 0.609. The van der Waals surface area contributed by atoms with Crippen LogP contribution in [0, 0.1) is 5.92 Å². The first-order valence-corrected chi connectivity index (χ1v) is 4.20. The minimum atomic E-state index is 0.176. The van der Waals surface area contributed by atoms with E-state index in [2.05, 4.69) is 11.9 Å². The van der Waals surface area contributed by atoms with Gasteiger partial charge in [0.25, 0.3) is 0 Å². The van der Waals surface area contributed by atoms with E-state index in [9.17, 15) is 4.79 Å². The van der Waals surface area contributed by atoms with Crippen molar-refractivity contribution in [1.29, 1.82) is 0 Å². The van der Waals surface area contributed by atoms with Gasteiger partial charge in [0.15, 0.2) is 0 Å². The fourth-order valence-electron chi connectivity index (χ4n) is 1.22. The lowest BCUT2D eigenvalue weighted by Gasteiger charge is -2.24. The molecule has 2 heteroatoms. The van der Waals surface area contributed by atoms with Crippen molar-refractivity contribution in [3.05, 3.63) is 12.7 Å². The summed E-state index contributed by atoms with van der Waals surface area (Å²) in [5, 5.41) is 2.77. The molecule has 1 aliphatic rings. The number of rotatable bonds is 4. The Labute approximate surface area is 67.7 Å². The fraction of sp³-hybridized carbons (Fsp3) is 0.667. The van der Waals surface area contributed by atoms with Crippen LogP contribution in [-0.4, -0.2) is 12.5 Å². The van der Waals surface area contributed by atoms with Crippen LogP contribution >= 0.6 is 0 Å². The van der Waals surface area contributed by atoms with Crippen LogP contribution in [0.4, 0.5) is 0 Å². The van der Waals surface area contributed by atoms with Crippen molar-refractivity contribution < 1.29 is 4.79 Å². The van der Waals surface area contributed by atoms with Gasteiger partial charge in [-0.1, -0.05) is 12.5 Å². The Kier molecular flexibility index (Phi) is 3.14. The van der Waals surface area contributed by atoms with E-state index in [0.29, 0.717) is 18.9 Å². The van der Waals surface area contributed by atoms with E-state index < -0.39 is 0 Å². The van der Waals surface area contributed by atoms with Crippen molar-refractivity contribution in [2.45, 2.75) is 25.7 Å². The van der Waals surface area contributed by atoms with Crippen molar-refractivity contribution in [2.75, 3.05) is 6.54 Å². The summed E-state index contributed by atoms with van der Waals surface area (Å²) in [5.74, 6) is 0.842. The Morgan fingerprint density at radius 3 is 2.82 bits per heavy atom. The van der Waals surface area contributed by atoms with Crippen LogP contribution in [0.2, 0.25) is 0 Å².